The zero-order chi connectivity index (χ0) is 23.1. The van der Waals surface area contributed by atoms with E-state index in [0.29, 0.717) is 31.4 Å². The Hall–Kier alpha value is -2.40. The number of alkyl halides is 3. The van der Waals surface area contributed by atoms with E-state index < -0.39 is 21.8 Å². The van der Waals surface area contributed by atoms with E-state index in [1.165, 1.54) is 10.6 Å². The van der Waals surface area contributed by atoms with Crippen LogP contribution in [0.1, 0.15) is 43.2 Å². The van der Waals surface area contributed by atoms with Gasteiger partial charge in [0.15, 0.2) is 0 Å². The van der Waals surface area contributed by atoms with Gasteiger partial charge >= 0.3 is 6.18 Å². The molecule has 2 aromatic heterocycles. The number of sulfonamides is 1. The van der Waals surface area contributed by atoms with E-state index in [2.05, 4.69) is 27.1 Å². The molecule has 4 rings (SSSR count). The molecule has 0 saturated carbocycles. The van der Waals surface area contributed by atoms with Crippen molar-refractivity contribution in [2.75, 3.05) is 36.1 Å². The molecular formula is C21H26F3N5O2S. The molecular weight excluding hydrogens is 443 g/mol. The zero-order valence-corrected chi connectivity index (χ0v) is 18.7. The fourth-order valence-corrected chi connectivity index (χ4v) is 5.25. The van der Waals surface area contributed by atoms with Gasteiger partial charge in [-0.2, -0.15) is 13.2 Å². The maximum Gasteiger partial charge on any atom is 0.416 e. The molecule has 1 N–H and O–H groups in total. The molecule has 4 heterocycles. The van der Waals surface area contributed by atoms with Crippen LogP contribution in [0.25, 0.3) is 0 Å². The molecule has 2 aromatic rings. The van der Waals surface area contributed by atoms with Gasteiger partial charge in [-0.25, -0.2) is 22.7 Å². The molecule has 11 heteroatoms. The number of aromatic nitrogens is 2. The summed E-state index contributed by atoms with van der Waals surface area (Å²) in [4.78, 5) is 10.8. The largest absolute Gasteiger partial charge is 0.416 e. The van der Waals surface area contributed by atoms with Crippen LogP contribution < -0.4 is 10.2 Å². The van der Waals surface area contributed by atoms with Crippen LogP contribution in [-0.2, 0) is 16.2 Å². The van der Waals surface area contributed by atoms with E-state index in [-0.39, 0.29) is 11.7 Å². The number of hydrogen-bond acceptors (Lipinski definition) is 6. The molecule has 0 aliphatic carbocycles. The lowest BCUT2D eigenvalue weighted by atomic mass is 9.99. The normalized spacial score (nSPS) is 22.5. The minimum absolute atomic E-state index is 0.0144. The van der Waals surface area contributed by atoms with E-state index >= 15 is 0 Å². The second-order valence-corrected chi connectivity index (χ2v) is 10.5. The van der Waals surface area contributed by atoms with Crippen molar-refractivity contribution in [2.24, 2.45) is 0 Å². The number of nitrogens with one attached hydrogen (secondary N) is 1. The van der Waals surface area contributed by atoms with Gasteiger partial charge in [-0.15, -0.1) is 0 Å². The Kier molecular flexibility index (Phi) is 6.06. The molecule has 7 nitrogen and oxygen atoms in total. The number of anilines is 3. The van der Waals surface area contributed by atoms with Gasteiger partial charge in [0.25, 0.3) is 0 Å². The molecule has 0 spiro atoms. The highest BCUT2D eigenvalue weighted by Crippen LogP contribution is 2.35. The minimum Gasteiger partial charge on any atom is -0.354 e. The van der Waals surface area contributed by atoms with Crippen LogP contribution in [0.15, 0.2) is 30.5 Å². The standard InChI is InChI=1S/C21H26F3N5O2S/c1-14-4-3-8-29(14)20-11-16(15-6-9-28(13-15)32(2,30)31)10-19(27-20)26-18-12-17(5-7-25-18)21(22,23)24/h5,7,10-12,14-15H,3-4,6,8-9,13H2,1-2H3,(H,25,26,27). The van der Waals surface area contributed by atoms with Crippen molar-refractivity contribution in [3.05, 3.63) is 41.6 Å². The number of halogens is 3. The average molecular weight is 470 g/mol. The highest BCUT2D eigenvalue weighted by atomic mass is 32.2. The second-order valence-electron chi connectivity index (χ2n) is 8.49. The molecule has 0 amide bonds. The first-order valence-electron chi connectivity index (χ1n) is 10.5. The molecule has 0 aromatic carbocycles. The van der Waals surface area contributed by atoms with E-state index in [4.69, 9.17) is 0 Å². The van der Waals surface area contributed by atoms with Crippen molar-refractivity contribution >= 4 is 27.5 Å². The highest BCUT2D eigenvalue weighted by molar-refractivity contribution is 7.88. The molecule has 2 aliphatic heterocycles. The van der Waals surface area contributed by atoms with Crippen LogP contribution in [0.4, 0.5) is 30.6 Å². The summed E-state index contributed by atoms with van der Waals surface area (Å²) in [6.07, 6.45) is 0.591. The highest BCUT2D eigenvalue weighted by Gasteiger charge is 2.32. The quantitative estimate of drug-likeness (QED) is 0.714. The topological polar surface area (TPSA) is 78.4 Å². The third kappa shape index (κ3) is 4.98. The van der Waals surface area contributed by atoms with Gasteiger partial charge in [0, 0.05) is 31.9 Å². The molecule has 174 valence electrons. The summed E-state index contributed by atoms with van der Waals surface area (Å²) in [6.45, 7) is 3.78. The lowest BCUT2D eigenvalue weighted by Gasteiger charge is -2.25. The van der Waals surface area contributed by atoms with E-state index in [1.807, 2.05) is 6.07 Å². The predicted octanol–water partition coefficient (Wildman–Crippen LogP) is 3.98. The number of rotatable bonds is 5. The van der Waals surface area contributed by atoms with Crippen LogP contribution in [0.5, 0.6) is 0 Å². The fourth-order valence-electron chi connectivity index (χ4n) is 4.37. The van der Waals surface area contributed by atoms with E-state index in [0.717, 1.165) is 49.1 Å². The predicted molar refractivity (Wildman–Crippen MR) is 117 cm³/mol. The van der Waals surface area contributed by atoms with Gasteiger partial charge in [0.05, 0.1) is 11.8 Å². The lowest BCUT2D eigenvalue weighted by molar-refractivity contribution is -0.137. The SMILES string of the molecule is CC1CCCN1c1cc(C2CCN(S(C)(=O)=O)C2)cc(Nc2cc(C(F)(F)F)ccn2)n1. The minimum atomic E-state index is -4.47. The van der Waals surface area contributed by atoms with E-state index in [1.54, 1.807) is 6.07 Å². The Balaban J connectivity index is 1.67. The number of hydrogen-bond donors (Lipinski definition) is 1. The number of nitrogens with zero attached hydrogens (tertiary/aromatic N) is 4. The molecule has 0 bridgehead atoms. The van der Waals surface area contributed by atoms with Crippen LogP contribution >= 0.6 is 0 Å². The summed E-state index contributed by atoms with van der Waals surface area (Å²) in [5.41, 5.74) is 0.119. The molecule has 2 fully saturated rings. The van der Waals surface area contributed by atoms with Crippen molar-refractivity contribution in [2.45, 2.75) is 44.3 Å². The van der Waals surface area contributed by atoms with E-state index in [9.17, 15) is 21.6 Å². The molecule has 2 saturated heterocycles. The first kappa shape index (κ1) is 22.8. The van der Waals surface area contributed by atoms with Crippen LogP contribution in [0, 0.1) is 0 Å². The van der Waals surface area contributed by atoms with Crippen molar-refractivity contribution < 1.29 is 21.6 Å². The third-order valence-corrected chi connectivity index (χ3v) is 7.39. The monoisotopic (exact) mass is 469 g/mol. The van der Waals surface area contributed by atoms with Crippen molar-refractivity contribution in [1.82, 2.24) is 14.3 Å². The first-order valence-corrected chi connectivity index (χ1v) is 12.4. The van der Waals surface area contributed by atoms with Gasteiger partial charge in [-0.05, 0) is 61.9 Å². The summed E-state index contributed by atoms with van der Waals surface area (Å²) >= 11 is 0. The van der Waals surface area contributed by atoms with Crippen LogP contribution in [-0.4, -0.2) is 54.6 Å². The Labute approximate surface area is 185 Å². The maximum absolute atomic E-state index is 13.1. The Morgan fingerprint density at radius 3 is 2.53 bits per heavy atom. The van der Waals surface area contributed by atoms with Gasteiger partial charge in [0.1, 0.15) is 17.5 Å². The summed E-state index contributed by atoms with van der Waals surface area (Å²) in [7, 11) is -3.28. The summed E-state index contributed by atoms with van der Waals surface area (Å²) < 4.78 is 64.6. The molecule has 0 radical (unpaired) electrons. The van der Waals surface area contributed by atoms with Gasteiger partial charge < -0.3 is 10.2 Å². The van der Waals surface area contributed by atoms with Crippen molar-refractivity contribution in [1.29, 1.82) is 0 Å². The first-order chi connectivity index (χ1) is 15.0. The average Bonchev–Trinajstić information content (AvgIpc) is 3.36. The molecule has 32 heavy (non-hydrogen) atoms. The summed E-state index contributed by atoms with van der Waals surface area (Å²) in [5.74, 6) is 1.16. The molecule has 2 aliphatic rings. The Bertz CT molecular complexity index is 1090. The van der Waals surface area contributed by atoms with Crippen molar-refractivity contribution in [3.8, 4) is 0 Å². The Morgan fingerprint density at radius 1 is 1.12 bits per heavy atom. The zero-order valence-electron chi connectivity index (χ0n) is 17.9. The smallest absolute Gasteiger partial charge is 0.354 e. The lowest BCUT2D eigenvalue weighted by Crippen LogP contribution is -2.28. The summed E-state index contributed by atoms with van der Waals surface area (Å²) in [6, 6.07) is 5.93. The summed E-state index contributed by atoms with van der Waals surface area (Å²) in [5, 5.41) is 2.92. The van der Waals surface area contributed by atoms with Gasteiger partial charge in [-0.3, -0.25) is 0 Å². The van der Waals surface area contributed by atoms with Crippen LogP contribution in [0.2, 0.25) is 0 Å². The number of pyridine rings is 2. The Morgan fingerprint density at radius 2 is 1.91 bits per heavy atom. The van der Waals surface area contributed by atoms with Crippen molar-refractivity contribution in [3.63, 3.8) is 0 Å². The van der Waals surface area contributed by atoms with Gasteiger partial charge in [-0.1, -0.05) is 0 Å². The maximum atomic E-state index is 13.1. The second kappa shape index (κ2) is 8.51. The fraction of sp³-hybridized carbons (Fsp3) is 0.524. The third-order valence-electron chi connectivity index (χ3n) is 6.12. The molecule has 2 unspecified atom stereocenters. The van der Waals surface area contributed by atoms with Gasteiger partial charge in [0.2, 0.25) is 10.0 Å². The molecule has 2 atom stereocenters. The van der Waals surface area contributed by atoms with Crippen LogP contribution in [0.3, 0.4) is 0 Å².